The molecule has 0 heterocycles. The molecule has 84 valence electrons. The molecule has 0 aliphatic carbocycles. The molecule has 15 heavy (non-hydrogen) atoms. The highest BCUT2D eigenvalue weighted by Crippen LogP contribution is 2.38. The normalized spacial score (nSPS) is 12.7. The van der Waals surface area contributed by atoms with Crippen LogP contribution in [0.1, 0.15) is 29.5 Å². The first-order chi connectivity index (χ1) is 7.02. The van der Waals surface area contributed by atoms with E-state index in [0.29, 0.717) is 12.5 Å². The average Bonchev–Trinajstić information content (AvgIpc) is 2.21. The van der Waals surface area contributed by atoms with Crippen LogP contribution in [0.5, 0.6) is 5.75 Å². The van der Waals surface area contributed by atoms with Gasteiger partial charge in [0, 0.05) is 5.56 Å². The van der Waals surface area contributed by atoms with E-state index in [4.69, 9.17) is 10.5 Å². The number of hydrogen-bond acceptors (Lipinski definition) is 2. The third-order valence-corrected chi connectivity index (χ3v) is 3.68. The first-order valence-corrected chi connectivity index (χ1v) is 5.85. The smallest absolute Gasteiger partial charge is 0.137 e. The van der Waals surface area contributed by atoms with E-state index in [2.05, 4.69) is 42.8 Å². The molecule has 0 bridgehead atoms. The summed E-state index contributed by atoms with van der Waals surface area (Å²) in [6.45, 7) is 6.92. The fraction of sp³-hybridized carbons (Fsp3) is 0.500. The number of aryl methyl sites for hydroxylation is 2. The van der Waals surface area contributed by atoms with Gasteiger partial charge in [0.2, 0.25) is 0 Å². The van der Waals surface area contributed by atoms with Crippen LogP contribution in [-0.2, 0) is 0 Å². The van der Waals surface area contributed by atoms with Gasteiger partial charge in [-0.2, -0.15) is 0 Å². The summed E-state index contributed by atoms with van der Waals surface area (Å²) in [5.41, 5.74) is 9.35. The zero-order chi connectivity index (χ0) is 11.6. The third kappa shape index (κ3) is 2.34. The first kappa shape index (κ1) is 12.5. The predicted molar refractivity (Wildman–Crippen MR) is 67.6 cm³/mol. The van der Waals surface area contributed by atoms with Crippen LogP contribution in [0.15, 0.2) is 10.5 Å². The number of rotatable bonds is 3. The van der Waals surface area contributed by atoms with Gasteiger partial charge in [0.25, 0.3) is 0 Å². The van der Waals surface area contributed by atoms with Crippen molar-refractivity contribution in [2.75, 3.05) is 13.7 Å². The SMILES string of the molecule is COc1c(Br)c(C)cc(C)c1C(C)CN. The van der Waals surface area contributed by atoms with Crippen molar-refractivity contribution in [3.8, 4) is 5.75 Å². The number of benzene rings is 1. The van der Waals surface area contributed by atoms with E-state index in [9.17, 15) is 0 Å². The van der Waals surface area contributed by atoms with E-state index in [1.54, 1.807) is 7.11 Å². The standard InChI is InChI=1S/C12H18BrNO/c1-7-5-8(2)11(13)12(15-4)10(7)9(3)6-14/h5,9H,6,14H2,1-4H3. The van der Waals surface area contributed by atoms with Gasteiger partial charge in [-0.25, -0.2) is 0 Å². The quantitative estimate of drug-likeness (QED) is 0.917. The van der Waals surface area contributed by atoms with E-state index >= 15 is 0 Å². The summed E-state index contributed by atoms with van der Waals surface area (Å²) in [7, 11) is 1.70. The van der Waals surface area contributed by atoms with Crippen LogP contribution in [-0.4, -0.2) is 13.7 Å². The Kier molecular flexibility index (Phi) is 4.17. The lowest BCUT2D eigenvalue weighted by Gasteiger charge is -2.19. The molecule has 0 saturated carbocycles. The lowest BCUT2D eigenvalue weighted by Crippen LogP contribution is -2.12. The lowest BCUT2D eigenvalue weighted by molar-refractivity contribution is 0.403. The van der Waals surface area contributed by atoms with Crippen LogP contribution in [0.25, 0.3) is 0 Å². The molecule has 1 aromatic carbocycles. The van der Waals surface area contributed by atoms with Crippen molar-refractivity contribution >= 4 is 15.9 Å². The number of ether oxygens (including phenoxy) is 1. The maximum absolute atomic E-state index is 5.71. The fourth-order valence-corrected chi connectivity index (χ4v) is 2.36. The average molecular weight is 272 g/mol. The predicted octanol–water partition coefficient (Wildman–Crippen LogP) is 3.14. The molecular weight excluding hydrogens is 254 g/mol. The Hall–Kier alpha value is -0.540. The van der Waals surface area contributed by atoms with Crippen LogP contribution >= 0.6 is 15.9 Å². The lowest BCUT2D eigenvalue weighted by atomic mass is 9.94. The molecule has 1 rings (SSSR count). The van der Waals surface area contributed by atoms with E-state index in [0.717, 1.165) is 10.2 Å². The Labute approximate surface area is 99.9 Å². The number of methoxy groups -OCH3 is 1. The molecular formula is C12H18BrNO. The van der Waals surface area contributed by atoms with Crippen molar-refractivity contribution in [1.82, 2.24) is 0 Å². The molecule has 0 spiro atoms. The second kappa shape index (κ2) is 4.99. The molecule has 3 heteroatoms. The van der Waals surface area contributed by atoms with Crippen molar-refractivity contribution in [3.63, 3.8) is 0 Å². The van der Waals surface area contributed by atoms with Crippen molar-refractivity contribution in [2.45, 2.75) is 26.7 Å². The van der Waals surface area contributed by atoms with Crippen molar-refractivity contribution in [3.05, 3.63) is 27.2 Å². The van der Waals surface area contributed by atoms with E-state index in [-0.39, 0.29) is 0 Å². The van der Waals surface area contributed by atoms with Gasteiger partial charge in [-0.15, -0.1) is 0 Å². The third-order valence-electron chi connectivity index (χ3n) is 2.70. The van der Waals surface area contributed by atoms with Crippen LogP contribution in [0, 0.1) is 13.8 Å². The summed E-state index contributed by atoms with van der Waals surface area (Å²) < 4.78 is 6.49. The Morgan fingerprint density at radius 2 is 2.00 bits per heavy atom. The molecule has 2 N–H and O–H groups in total. The minimum absolute atomic E-state index is 0.317. The van der Waals surface area contributed by atoms with Gasteiger partial charge in [-0.05, 0) is 53.4 Å². The molecule has 0 aliphatic heterocycles. The van der Waals surface area contributed by atoms with Gasteiger partial charge >= 0.3 is 0 Å². The summed E-state index contributed by atoms with van der Waals surface area (Å²) >= 11 is 3.56. The van der Waals surface area contributed by atoms with Gasteiger partial charge in [-0.3, -0.25) is 0 Å². The maximum Gasteiger partial charge on any atom is 0.137 e. The number of halogens is 1. The fourth-order valence-electron chi connectivity index (χ4n) is 1.87. The maximum atomic E-state index is 5.71. The number of nitrogens with two attached hydrogens (primary N) is 1. The second-order valence-electron chi connectivity index (χ2n) is 3.91. The van der Waals surface area contributed by atoms with Gasteiger partial charge in [0.15, 0.2) is 0 Å². The molecule has 0 fully saturated rings. The highest BCUT2D eigenvalue weighted by atomic mass is 79.9. The Morgan fingerprint density at radius 1 is 1.40 bits per heavy atom. The van der Waals surface area contributed by atoms with Crippen LogP contribution in [0.2, 0.25) is 0 Å². The summed E-state index contributed by atoms with van der Waals surface area (Å²) in [5.74, 6) is 1.24. The number of hydrogen-bond donors (Lipinski definition) is 1. The molecule has 0 amide bonds. The zero-order valence-electron chi connectivity index (χ0n) is 9.73. The summed E-state index contributed by atoms with van der Waals surface area (Å²) in [6, 6.07) is 2.16. The molecule has 1 aromatic rings. The highest BCUT2D eigenvalue weighted by molar-refractivity contribution is 9.10. The summed E-state index contributed by atoms with van der Waals surface area (Å²) in [4.78, 5) is 0. The van der Waals surface area contributed by atoms with Crippen LogP contribution in [0.3, 0.4) is 0 Å². The van der Waals surface area contributed by atoms with Crippen molar-refractivity contribution in [1.29, 1.82) is 0 Å². The van der Waals surface area contributed by atoms with Gasteiger partial charge in [-0.1, -0.05) is 13.0 Å². The molecule has 0 aromatic heterocycles. The molecule has 1 unspecified atom stereocenters. The van der Waals surface area contributed by atoms with Crippen LogP contribution in [0.4, 0.5) is 0 Å². The van der Waals surface area contributed by atoms with Gasteiger partial charge in [0.1, 0.15) is 5.75 Å². The minimum atomic E-state index is 0.317. The monoisotopic (exact) mass is 271 g/mol. The van der Waals surface area contributed by atoms with E-state index < -0.39 is 0 Å². The summed E-state index contributed by atoms with van der Waals surface area (Å²) in [6.07, 6.45) is 0. The molecule has 1 atom stereocenters. The molecule has 2 nitrogen and oxygen atoms in total. The Morgan fingerprint density at radius 3 is 2.47 bits per heavy atom. The summed E-state index contributed by atoms with van der Waals surface area (Å²) in [5, 5.41) is 0. The van der Waals surface area contributed by atoms with E-state index in [1.807, 2.05) is 0 Å². The van der Waals surface area contributed by atoms with Gasteiger partial charge in [0.05, 0.1) is 11.6 Å². The van der Waals surface area contributed by atoms with Gasteiger partial charge < -0.3 is 10.5 Å². The first-order valence-electron chi connectivity index (χ1n) is 5.06. The zero-order valence-corrected chi connectivity index (χ0v) is 11.3. The molecule has 0 aliphatic rings. The Bertz CT molecular complexity index is 363. The van der Waals surface area contributed by atoms with Crippen molar-refractivity contribution < 1.29 is 4.74 Å². The largest absolute Gasteiger partial charge is 0.495 e. The second-order valence-corrected chi connectivity index (χ2v) is 4.70. The van der Waals surface area contributed by atoms with Crippen molar-refractivity contribution in [2.24, 2.45) is 5.73 Å². The topological polar surface area (TPSA) is 35.2 Å². The minimum Gasteiger partial charge on any atom is -0.495 e. The molecule has 0 radical (unpaired) electrons. The Balaban J connectivity index is 3.41. The molecule has 0 saturated heterocycles. The highest BCUT2D eigenvalue weighted by Gasteiger charge is 2.17. The van der Waals surface area contributed by atoms with Crippen LogP contribution < -0.4 is 10.5 Å². The van der Waals surface area contributed by atoms with E-state index in [1.165, 1.54) is 16.7 Å².